The lowest BCUT2D eigenvalue weighted by molar-refractivity contribution is 0.0527. The summed E-state index contributed by atoms with van der Waals surface area (Å²) in [5.41, 5.74) is -0.421. The molecular formula is C13H28N2O3. The van der Waals surface area contributed by atoms with Crippen molar-refractivity contribution in [1.82, 2.24) is 5.32 Å². The number of ether oxygens (including phenoxy) is 1. The van der Waals surface area contributed by atoms with E-state index in [4.69, 9.17) is 10.6 Å². The summed E-state index contributed by atoms with van der Waals surface area (Å²) in [4.78, 5) is 15.8. The van der Waals surface area contributed by atoms with Crippen molar-refractivity contribution in [1.29, 1.82) is 0 Å². The Morgan fingerprint density at radius 3 is 2.17 bits per heavy atom. The maximum atomic E-state index is 11.3. The summed E-state index contributed by atoms with van der Waals surface area (Å²) < 4.78 is 5.13. The zero-order chi connectivity index (χ0) is 13.9. The molecule has 0 spiro atoms. The van der Waals surface area contributed by atoms with Crippen LogP contribution >= 0.6 is 0 Å². The SMILES string of the molecule is CC(C)(C)OC(=O)NCCCCCCCCON. The van der Waals surface area contributed by atoms with Gasteiger partial charge in [-0.25, -0.2) is 10.7 Å². The summed E-state index contributed by atoms with van der Waals surface area (Å²) in [5.74, 6) is 4.93. The molecular weight excluding hydrogens is 232 g/mol. The molecule has 0 aliphatic carbocycles. The van der Waals surface area contributed by atoms with Gasteiger partial charge in [0.2, 0.25) is 0 Å². The summed E-state index contributed by atoms with van der Waals surface area (Å²) >= 11 is 0. The first-order chi connectivity index (χ1) is 8.45. The fourth-order valence-corrected chi connectivity index (χ4v) is 1.52. The lowest BCUT2D eigenvalue weighted by atomic mass is 10.1. The highest BCUT2D eigenvalue weighted by Gasteiger charge is 2.15. The number of carbonyl (C=O) groups is 1. The first kappa shape index (κ1) is 17.2. The standard InChI is InChI=1S/C13H28N2O3/c1-13(2,3)18-12(16)15-10-8-6-4-5-7-9-11-17-14/h4-11,14H2,1-3H3,(H,15,16). The number of nitrogens with two attached hydrogens (primary N) is 1. The average Bonchev–Trinajstić information content (AvgIpc) is 2.24. The van der Waals surface area contributed by atoms with Crippen molar-refractivity contribution in [2.75, 3.05) is 13.2 Å². The lowest BCUT2D eigenvalue weighted by Crippen LogP contribution is -2.32. The molecule has 5 heteroatoms. The van der Waals surface area contributed by atoms with Gasteiger partial charge >= 0.3 is 6.09 Å². The van der Waals surface area contributed by atoms with Crippen molar-refractivity contribution in [3.63, 3.8) is 0 Å². The Bertz CT molecular complexity index is 215. The molecule has 0 aromatic heterocycles. The molecule has 0 fully saturated rings. The highest BCUT2D eigenvalue weighted by molar-refractivity contribution is 5.67. The molecule has 0 aromatic rings. The summed E-state index contributed by atoms with van der Waals surface area (Å²) in [7, 11) is 0. The predicted molar refractivity (Wildman–Crippen MR) is 72.1 cm³/mol. The van der Waals surface area contributed by atoms with Gasteiger partial charge in [0.25, 0.3) is 0 Å². The van der Waals surface area contributed by atoms with Gasteiger partial charge in [-0.3, -0.25) is 0 Å². The molecule has 0 bridgehead atoms. The van der Waals surface area contributed by atoms with Crippen molar-refractivity contribution in [2.45, 2.75) is 64.9 Å². The van der Waals surface area contributed by atoms with Crippen LogP contribution < -0.4 is 11.2 Å². The van der Waals surface area contributed by atoms with E-state index in [-0.39, 0.29) is 6.09 Å². The molecule has 0 rings (SSSR count). The first-order valence-electron chi connectivity index (χ1n) is 6.74. The zero-order valence-corrected chi connectivity index (χ0v) is 12.0. The lowest BCUT2D eigenvalue weighted by Gasteiger charge is -2.19. The van der Waals surface area contributed by atoms with Crippen LogP contribution in [0.5, 0.6) is 0 Å². The van der Waals surface area contributed by atoms with Crippen LogP contribution in [0.25, 0.3) is 0 Å². The van der Waals surface area contributed by atoms with E-state index in [0.717, 1.165) is 25.7 Å². The maximum absolute atomic E-state index is 11.3. The third kappa shape index (κ3) is 13.3. The van der Waals surface area contributed by atoms with Crippen LogP contribution in [-0.4, -0.2) is 24.8 Å². The Morgan fingerprint density at radius 1 is 1.06 bits per heavy atom. The molecule has 0 saturated heterocycles. The molecule has 1 amide bonds. The molecule has 108 valence electrons. The summed E-state index contributed by atoms with van der Waals surface area (Å²) in [6.45, 7) is 6.90. The number of hydrogen-bond donors (Lipinski definition) is 2. The maximum Gasteiger partial charge on any atom is 0.407 e. The number of nitrogens with one attached hydrogen (secondary N) is 1. The molecule has 0 unspecified atom stereocenters. The van der Waals surface area contributed by atoms with Gasteiger partial charge in [-0.15, -0.1) is 0 Å². The normalized spacial score (nSPS) is 11.3. The number of unbranched alkanes of at least 4 members (excludes halogenated alkanes) is 5. The van der Waals surface area contributed by atoms with Crippen molar-refractivity contribution in [3.05, 3.63) is 0 Å². The van der Waals surface area contributed by atoms with E-state index in [1.54, 1.807) is 0 Å². The van der Waals surface area contributed by atoms with E-state index in [1.807, 2.05) is 20.8 Å². The van der Waals surface area contributed by atoms with Crippen molar-refractivity contribution in [2.24, 2.45) is 5.90 Å². The van der Waals surface area contributed by atoms with Crippen molar-refractivity contribution >= 4 is 6.09 Å². The Hall–Kier alpha value is -0.810. The molecule has 0 heterocycles. The van der Waals surface area contributed by atoms with Crippen LogP contribution in [0.2, 0.25) is 0 Å². The van der Waals surface area contributed by atoms with Crippen LogP contribution in [0.1, 0.15) is 59.3 Å². The van der Waals surface area contributed by atoms with Gasteiger partial charge in [-0.05, 0) is 33.6 Å². The van der Waals surface area contributed by atoms with E-state index in [2.05, 4.69) is 10.2 Å². The molecule has 5 nitrogen and oxygen atoms in total. The topological polar surface area (TPSA) is 73.6 Å². The summed E-state index contributed by atoms with van der Waals surface area (Å²) in [5, 5.41) is 2.75. The van der Waals surface area contributed by atoms with E-state index in [1.165, 1.54) is 12.8 Å². The van der Waals surface area contributed by atoms with Gasteiger partial charge in [0.05, 0.1) is 6.61 Å². The van der Waals surface area contributed by atoms with E-state index < -0.39 is 5.60 Å². The Balaban J connectivity index is 3.23. The molecule has 0 aliphatic heterocycles. The Morgan fingerprint density at radius 2 is 1.61 bits per heavy atom. The Labute approximate surface area is 110 Å². The highest BCUT2D eigenvalue weighted by atomic mass is 16.6. The van der Waals surface area contributed by atoms with Crippen LogP contribution in [-0.2, 0) is 9.57 Å². The van der Waals surface area contributed by atoms with Gasteiger partial charge in [0.15, 0.2) is 0 Å². The molecule has 0 aromatic carbocycles. The number of alkyl carbamates (subject to hydrolysis) is 1. The number of hydrogen-bond acceptors (Lipinski definition) is 4. The van der Waals surface area contributed by atoms with Gasteiger partial charge in [-0.2, -0.15) is 0 Å². The van der Waals surface area contributed by atoms with Crippen LogP contribution in [0, 0.1) is 0 Å². The Kier molecular flexibility index (Phi) is 9.69. The minimum atomic E-state index is -0.421. The minimum absolute atomic E-state index is 0.331. The first-order valence-corrected chi connectivity index (χ1v) is 6.74. The van der Waals surface area contributed by atoms with Gasteiger partial charge < -0.3 is 14.9 Å². The molecule has 0 aliphatic rings. The predicted octanol–water partition coefficient (Wildman–Crippen LogP) is 2.74. The molecule has 3 N–H and O–H groups in total. The number of carbonyl (C=O) groups excluding carboxylic acids is 1. The van der Waals surface area contributed by atoms with E-state index in [0.29, 0.717) is 13.2 Å². The highest BCUT2D eigenvalue weighted by Crippen LogP contribution is 2.07. The fourth-order valence-electron chi connectivity index (χ4n) is 1.52. The molecule has 18 heavy (non-hydrogen) atoms. The zero-order valence-electron chi connectivity index (χ0n) is 12.0. The quantitative estimate of drug-likeness (QED) is 0.494. The molecule has 0 saturated carbocycles. The fraction of sp³-hybridized carbons (Fsp3) is 0.923. The summed E-state index contributed by atoms with van der Waals surface area (Å²) in [6.07, 6.45) is 6.33. The third-order valence-electron chi connectivity index (χ3n) is 2.36. The monoisotopic (exact) mass is 260 g/mol. The number of amides is 1. The molecule has 0 atom stereocenters. The van der Waals surface area contributed by atoms with Gasteiger partial charge in [0.1, 0.15) is 5.60 Å². The second kappa shape index (κ2) is 10.1. The van der Waals surface area contributed by atoms with E-state index >= 15 is 0 Å². The van der Waals surface area contributed by atoms with Crippen molar-refractivity contribution < 1.29 is 14.4 Å². The van der Waals surface area contributed by atoms with Gasteiger partial charge in [-0.1, -0.05) is 25.7 Å². The van der Waals surface area contributed by atoms with Crippen LogP contribution in [0.4, 0.5) is 4.79 Å². The van der Waals surface area contributed by atoms with E-state index in [9.17, 15) is 4.79 Å². The van der Waals surface area contributed by atoms with Crippen LogP contribution in [0.15, 0.2) is 0 Å². The summed E-state index contributed by atoms with van der Waals surface area (Å²) in [6, 6.07) is 0. The smallest absolute Gasteiger partial charge is 0.407 e. The average molecular weight is 260 g/mol. The second-order valence-corrected chi connectivity index (χ2v) is 5.42. The minimum Gasteiger partial charge on any atom is -0.444 e. The van der Waals surface area contributed by atoms with Crippen LogP contribution in [0.3, 0.4) is 0 Å². The second-order valence-electron chi connectivity index (χ2n) is 5.42. The molecule has 0 radical (unpaired) electrons. The van der Waals surface area contributed by atoms with Gasteiger partial charge in [0, 0.05) is 6.54 Å². The largest absolute Gasteiger partial charge is 0.444 e. The van der Waals surface area contributed by atoms with Crippen molar-refractivity contribution in [3.8, 4) is 0 Å². The third-order valence-corrected chi connectivity index (χ3v) is 2.36. The number of rotatable bonds is 9.